The van der Waals surface area contributed by atoms with Gasteiger partial charge in [-0.25, -0.2) is 9.82 Å². The van der Waals surface area contributed by atoms with Gasteiger partial charge in [-0.2, -0.15) is 5.10 Å². The van der Waals surface area contributed by atoms with E-state index in [1.807, 2.05) is 49.4 Å². The van der Waals surface area contributed by atoms with Crippen LogP contribution in [0.25, 0.3) is 0 Å². The number of aryl methyl sites for hydroxylation is 1. The second-order valence-corrected chi connectivity index (χ2v) is 7.13. The van der Waals surface area contributed by atoms with Gasteiger partial charge >= 0.3 is 0 Å². The van der Waals surface area contributed by atoms with Gasteiger partial charge < -0.3 is 10.1 Å². The number of halogens is 1. The first-order valence-corrected chi connectivity index (χ1v) is 10.1. The molecule has 0 aromatic heterocycles. The van der Waals surface area contributed by atoms with Crippen LogP contribution in [0, 0.1) is 12.7 Å². The molecule has 0 spiro atoms. The van der Waals surface area contributed by atoms with E-state index in [1.54, 1.807) is 6.07 Å². The van der Waals surface area contributed by atoms with E-state index in [4.69, 9.17) is 4.74 Å². The van der Waals surface area contributed by atoms with Crippen LogP contribution in [0.2, 0.25) is 0 Å². The summed E-state index contributed by atoms with van der Waals surface area (Å²) in [7, 11) is 0. The van der Waals surface area contributed by atoms with Gasteiger partial charge in [-0.1, -0.05) is 42.0 Å². The summed E-state index contributed by atoms with van der Waals surface area (Å²) < 4.78 is 19.3. The minimum Gasteiger partial charge on any atom is -0.489 e. The summed E-state index contributed by atoms with van der Waals surface area (Å²) in [5.74, 6) is -0.804. The molecule has 6 nitrogen and oxygen atoms in total. The number of carbonyl (C=O) groups excluding carboxylic acids is 2. The average Bonchev–Trinajstić information content (AvgIpc) is 2.79. The van der Waals surface area contributed by atoms with Gasteiger partial charge in [0.05, 0.1) is 11.8 Å². The van der Waals surface area contributed by atoms with Crippen LogP contribution in [-0.4, -0.2) is 24.6 Å². The third kappa shape index (κ3) is 7.05. The Morgan fingerprint density at radius 2 is 1.81 bits per heavy atom. The average molecular weight is 433 g/mol. The number of hydrogen-bond acceptors (Lipinski definition) is 4. The first kappa shape index (κ1) is 22.7. The predicted octanol–water partition coefficient (Wildman–Crippen LogP) is 3.98. The lowest BCUT2D eigenvalue weighted by molar-refractivity contribution is -0.120. The highest BCUT2D eigenvalue weighted by Crippen LogP contribution is 2.14. The third-order valence-corrected chi connectivity index (χ3v) is 4.53. The normalized spacial score (nSPS) is 10.7. The van der Waals surface area contributed by atoms with Crippen molar-refractivity contribution in [1.29, 1.82) is 0 Å². The van der Waals surface area contributed by atoms with Crippen molar-refractivity contribution in [2.24, 2.45) is 5.10 Å². The summed E-state index contributed by atoms with van der Waals surface area (Å²) in [4.78, 5) is 23.7. The summed E-state index contributed by atoms with van der Waals surface area (Å²) >= 11 is 0. The van der Waals surface area contributed by atoms with E-state index in [-0.39, 0.29) is 24.4 Å². The van der Waals surface area contributed by atoms with Crippen LogP contribution in [0.5, 0.6) is 5.75 Å². The maximum atomic E-state index is 13.5. The molecule has 164 valence electrons. The lowest BCUT2D eigenvalue weighted by Gasteiger charge is -2.07. The highest BCUT2D eigenvalue weighted by atomic mass is 19.1. The van der Waals surface area contributed by atoms with Gasteiger partial charge in [-0.3, -0.25) is 9.59 Å². The number of nitrogens with zero attached hydrogens (tertiary/aromatic N) is 1. The van der Waals surface area contributed by atoms with E-state index >= 15 is 0 Å². The molecule has 0 saturated carbocycles. The summed E-state index contributed by atoms with van der Waals surface area (Å²) in [5, 5.41) is 6.41. The van der Waals surface area contributed by atoms with Gasteiger partial charge in [-0.15, -0.1) is 0 Å². The number of nitrogens with one attached hydrogen (secondary N) is 2. The molecule has 0 atom stereocenters. The first-order chi connectivity index (χ1) is 15.5. The Hall–Kier alpha value is -4.00. The molecule has 2 N–H and O–H groups in total. The molecular formula is C25H24FN3O3. The SMILES string of the molecule is Cc1cccc(COc2ccc(C=NNC(=O)CCNC(=O)c3ccccc3F)cc2)c1. The Labute approximate surface area is 186 Å². The zero-order valence-corrected chi connectivity index (χ0v) is 17.7. The standard InChI is InChI=1S/C25H24FN3O3/c1-18-5-4-6-20(15-18)17-32-21-11-9-19(10-12-21)16-28-29-24(30)13-14-27-25(31)22-7-2-3-8-23(22)26/h2-12,15-16H,13-14,17H2,1H3,(H,27,31)(H,29,30). The van der Waals surface area contributed by atoms with Crippen LogP contribution in [0.4, 0.5) is 4.39 Å². The fourth-order valence-electron chi connectivity index (χ4n) is 2.88. The van der Waals surface area contributed by atoms with Gasteiger partial charge in [0.15, 0.2) is 0 Å². The molecular weight excluding hydrogens is 409 g/mol. The van der Waals surface area contributed by atoms with E-state index in [1.165, 1.54) is 30.0 Å². The van der Waals surface area contributed by atoms with Crippen molar-refractivity contribution >= 4 is 18.0 Å². The molecule has 0 bridgehead atoms. The predicted molar refractivity (Wildman–Crippen MR) is 121 cm³/mol. The number of ether oxygens (including phenoxy) is 1. The van der Waals surface area contributed by atoms with Gasteiger partial charge in [0.1, 0.15) is 18.2 Å². The number of carbonyl (C=O) groups is 2. The van der Waals surface area contributed by atoms with Crippen LogP contribution in [0.3, 0.4) is 0 Å². The summed E-state index contributed by atoms with van der Waals surface area (Å²) in [6, 6.07) is 21.1. The number of hydrazone groups is 1. The number of benzene rings is 3. The van der Waals surface area contributed by atoms with Crippen molar-refractivity contribution in [3.05, 3.63) is 101 Å². The van der Waals surface area contributed by atoms with Crippen molar-refractivity contribution in [2.45, 2.75) is 20.0 Å². The molecule has 3 rings (SSSR count). The molecule has 32 heavy (non-hydrogen) atoms. The minimum atomic E-state index is -0.606. The minimum absolute atomic E-state index is 0.0171. The molecule has 2 amide bonds. The van der Waals surface area contributed by atoms with Crippen LogP contribution < -0.4 is 15.5 Å². The van der Waals surface area contributed by atoms with Crippen molar-refractivity contribution in [3.8, 4) is 5.75 Å². The highest BCUT2D eigenvalue weighted by Gasteiger charge is 2.10. The quantitative estimate of drug-likeness (QED) is 0.396. The van der Waals surface area contributed by atoms with E-state index < -0.39 is 11.7 Å². The van der Waals surface area contributed by atoms with Crippen molar-refractivity contribution in [2.75, 3.05) is 6.54 Å². The molecule has 0 saturated heterocycles. The molecule has 3 aromatic carbocycles. The van der Waals surface area contributed by atoms with E-state index in [9.17, 15) is 14.0 Å². The Balaban J connectivity index is 1.38. The number of amides is 2. The van der Waals surface area contributed by atoms with Crippen LogP contribution in [-0.2, 0) is 11.4 Å². The van der Waals surface area contributed by atoms with E-state index in [0.29, 0.717) is 6.61 Å². The highest BCUT2D eigenvalue weighted by molar-refractivity contribution is 5.94. The molecule has 0 aliphatic rings. The molecule has 0 radical (unpaired) electrons. The second-order valence-electron chi connectivity index (χ2n) is 7.13. The van der Waals surface area contributed by atoms with Crippen molar-refractivity contribution in [1.82, 2.24) is 10.7 Å². The first-order valence-electron chi connectivity index (χ1n) is 10.1. The third-order valence-electron chi connectivity index (χ3n) is 4.53. The summed E-state index contributed by atoms with van der Waals surface area (Å²) in [6.45, 7) is 2.60. The smallest absolute Gasteiger partial charge is 0.254 e. The zero-order chi connectivity index (χ0) is 22.8. The van der Waals surface area contributed by atoms with Gasteiger partial charge in [-0.05, 0) is 54.4 Å². The van der Waals surface area contributed by atoms with Crippen LogP contribution in [0.1, 0.15) is 33.5 Å². The Morgan fingerprint density at radius 3 is 2.56 bits per heavy atom. The lowest BCUT2D eigenvalue weighted by Crippen LogP contribution is -2.29. The van der Waals surface area contributed by atoms with Gasteiger partial charge in [0, 0.05) is 13.0 Å². The van der Waals surface area contributed by atoms with E-state index in [0.717, 1.165) is 16.9 Å². The fraction of sp³-hybridized carbons (Fsp3) is 0.160. The van der Waals surface area contributed by atoms with Crippen molar-refractivity contribution < 1.29 is 18.7 Å². The van der Waals surface area contributed by atoms with Crippen molar-refractivity contribution in [3.63, 3.8) is 0 Å². The molecule has 0 aliphatic heterocycles. The monoisotopic (exact) mass is 433 g/mol. The zero-order valence-electron chi connectivity index (χ0n) is 17.7. The fourth-order valence-corrected chi connectivity index (χ4v) is 2.88. The van der Waals surface area contributed by atoms with Crippen LogP contribution in [0.15, 0.2) is 77.9 Å². The largest absolute Gasteiger partial charge is 0.489 e. The summed E-state index contributed by atoms with van der Waals surface area (Å²) in [5.41, 5.74) is 5.42. The topological polar surface area (TPSA) is 79.8 Å². The lowest BCUT2D eigenvalue weighted by atomic mass is 10.1. The number of rotatable bonds is 9. The number of hydrogen-bond donors (Lipinski definition) is 2. The maximum Gasteiger partial charge on any atom is 0.254 e. The Morgan fingerprint density at radius 1 is 1.03 bits per heavy atom. The van der Waals surface area contributed by atoms with E-state index in [2.05, 4.69) is 21.9 Å². The Bertz CT molecular complexity index is 1100. The van der Waals surface area contributed by atoms with Gasteiger partial charge in [0.2, 0.25) is 5.91 Å². The molecule has 7 heteroatoms. The molecule has 0 unspecified atom stereocenters. The van der Waals surface area contributed by atoms with Crippen LogP contribution >= 0.6 is 0 Å². The Kier molecular flexibility index (Phi) is 8.09. The summed E-state index contributed by atoms with van der Waals surface area (Å²) in [6.07, 6.45) is 1.53. The maximum absolute atomic E-state index is 13.5. The molecule has 0 fully saturated rings. The van der Waals surface area contributed by atoms with Gasteiger partial charge in [0.25, 0.3) is 5.91 Å². The molecule has 3 aromatic rings. The molecule has 0 aliphatic carbocycles. The second kappa shape index (κ2) is 11.4. The molecule has 0 heterocycles.